The lowest BCUT2D eigenvalue weighted by Gasteiger charge is -2.25. The van der Waals surface area contributed by atoms with Gasteiger partial charge in [-0.2, -0.15) is 0 Å². The standard InChI is InChI=1S/C24H21ClN4O6/c1-35-19-7-6-16(13-18(19)25)22(30)20-21(15-4-2-5-17(12-15)29(33)34)28(24(32)23(20)31)10-3-9-27-11-8-26-14-27/h2,4-8,11-14,21,30H,3,9-10H2,1H3/b22-20+/t21-/m1/s1. The van der Waals surface area contributed by atoms with Crippen molar-refractivity contribution < 1.29 is 24.4 Å². The van der Waals surface area contributed by atoms with E-state index >= 15 is 0 Å². The minimum absolute atomic E-state index is 0.167. The number of aliphatic hydroxyl groups is 1. The van der Waals surface area contributed by atoms with Crippen LogP contribution in [0.5, 0.6) is 5.75 Å². The quantitative estimate of drug-likeness (QED) is 0.164. The van der Waals surface area contributed by atoms with Crippen LogP contribution in [0, 0.1) is 10.1 Å². The first-order valence-electron chi connectivity index (χ1n) is 10.6. The SMILES string of the molecule is COc1ccc(/C(O)=C2\C(=O)C(=O)N(CCCn3ccnc3)[C@@H]2c2cccc([N+](=O)[O-])c2)cc1Cl. The van der Waals surface area contributed by atoms with Gasteiger partial charge in [-0.1, -0.05) is 23.7 Å². The highest BCUT2D eigenvalue weighted by atomic mass is 35.5. The molecule has 0 bridgehead atoms. The number of nitrogens with zero attached hydrogens (tertiary/aromatic N) is 4. The maximum absolute atomic E-state index is 13.1. The lowest BCUT2D eigenvalue weighted by atomic mass is 9.95. The number of ketones is 1. The average Bonchev–Trinajstić information content (AvgIpc) is 3.46. The summed E-state index contributed by atoms with van der Waals surface area (Å²) in [5.41, 5.74) is 0.184. The number of amides is 1. The van der Waals surface area contributed by atoms with Gasteiger partial charge in [-0.25, -0.2) is 4.98 Å². The number of nitro benzene ring substituents is 1. The van der Waals surface area contributed by atoms with E-state index in [-0.39, 0.29) is 28.4 Å². The molecule has 1 atom stereocenters. The molecule has 0 aliphatic carbocycles. The molecule has 2 aromatic carbocycles. The number of benzene rings is 2. The third-order valence-corrected chi connectivity index (χ3v) is 6.03. The van der Waals surface area contributed by atoms with Crippen LogP contribution in [0.2, 0.25) is 5.02 Å². The number of rotatable bonds is 8. The van der Waals surface area contributed by atoms with Crippen molar-refractivity contribution >= 4 is 34.7 Å². The number of nitro groups is 1. The Hall–Kier alpha value is -4.18. The molecule has 1 saturated heterocycles. The van der Waals surface area contributed by atoms with Crippen LogP contribution in [0.1, 0.15) is 23.6 Å². The van der Waals surface area contributed by atoms with E-state index in [2.05, 4.69) is 4.98 Å². The number of methoxy groups -OCH3 is 1. The minimum atomic E-state index is -1.02. The second-order valence-electron chi connectivity index (χ2n) is 7.85. The van der Waals surface area contributed by atoms with Gasteiger partial charge < -0.3 is 19.3 Å². The van der Waals surface area contributed by atoms with Gasteiger partial charge in [0.05, 0.1) is 35.0 Å². The summed E-state index contributed by atoms with van der Waals surface area (Å²) in [6.45, 7) is 0.717. The topological polar surface area (TPSA) is 128 Å². The van der Waals surface area contributed by atoms with Crippen LogP contribution in [0.4, 0.5) is 5.69 Å². The molecule has 2 heterocycles. The molecule has 0 spiro atoms. The average molecular weight is 497 g/mol. The van der Waals surface area contributed by atoms with Crippen molar-refractivity contribution in [3.05, 3.63) is 93.0 Å². The highest BCUT2D eigenvalue weighted by molar-refractivity contribution is 6.46. The lowest BCUT2D eigenvalue weighted by Crippen LogP contribution is -2.31. The van der Waals surface area contributed by atoms with Crippen LogP contribution >= 0.6 is 11.6 Å². The molecule has 1 aromatic heterocycles. The summed E-state index contributed by atoms with van der Waals surface area (Å²) in [4.78, 5) is 42.3. The van der Waals surface area contributed by atoms with E-state index in [4.69, 9.17) is 16.3 Å². The number of Topliss-reactive ketones (excluding diaryl/α,β-unsaturated/α-hetero) is 1. The van der Waals surface area contributed by atoms with Gasteiger partial charge in [-0.05, 0) is 30.2 Å². The number of carbonyl (C=O) groups is 2. The molecule has 1 fully saturated rings. The second kappa shape index (κ2) is 9.98. The van der Waals surface area contributed by atoms with Crippen LogP contribution in [0.3, 0.4) is 0 Å². The summed E-state index contributed by atoms with van der Waals surface area (Å²) in [5.74, 6) is -1.73. The summed E-state index contributed by atoms with van der Waals surface area (Å²) in [5, 5.41) is 22.7. The van der Waals surface area contributed by atoms with E-state index < -0.39 is 28.4 Å². The zero-order chi connectivity index (χ0) is 25.1. The van der Waals surface area contributed by atoms with E-state index in [1.54, 1.807) is 24.8 Å². The predicted molar refractivity (Wildman–Crippen MR) is 127 cm³/mol. The smallest absolute Gasteiger partial charge is 0.295 e. The molecule has 0 unspecified atom stereocenters. The molecule has 0 radical (unpaired) electrons. The first-order chi connectivity index (χ1) is 16.8. The fraction of sp³-hybridized carbons (Fsp3) is 0.208. The van der Waals surface area contributed by atoms with E-state index in [1.165, 1.54) is 48.4 Å². The summed E-state index contributed by atoms with van der Waals surface area (Å²) in [6, 6.07) is 9.12. The largest absolute Gasteiger partial charge is 0.507 e. The normalized spacial score (nSPS) is 17.1. The maximum atomic E-state index is 13.1. The van der Waals surface area contributed by atoms with Gasteiger partial charge in [0.25, 0.3) is 17.4 Å². The number of imidazole rings is 1. The fourth-order valence-corrected chi connectivity index (χ4v) is 4.34. The summed E-state index contributed by atoms with van der Waals surface area (Å²) in [6.07, 6.45) is 5.54. The summed E-state index contributed by atoms with van der Waals surface area (Å²) < 4.78 is 6.96. The van der Waals surface area contributed by atoms with Crippen molar-refractivity contribution in [1.29, 1.82) is 0 Å². The van der Waals surface area contributed by atoms with Gasteiger partial charge in [0.2, 0.25) is 0 Å². The highest BCUT2D eigenvalue weighted by Gasteiger charge is 2.46. The number of likely N-dealkylation sites (tertiary alicyclic amines) is 1. The molecule has 1 amide bonds. The minimum Gasteiger partial charge on any atom is -0.507 e. The molecule has 10 nitrogen and oxygen atoms in total. The van der Waals surface area contributed by atoms with Crippen molar-refractivity contribution in [2.75, 3.05) is 13.7 Å². The molecule has 1 aliphatic heterocycles. The fourth-order valence-electron chi connectivity index (χ4n) is 4.08. The Morgan fingerprint density at radius 2 is 2.03 bits per heavy atom. The molecule has 4 rings (SSSR count). The molecule has 0 saturated carbocycles. The van der Waals surface area contributed by atoms with Gasteiger partial charge >= 0.3 is 0 Å². The number of hydrogen-bond acceptors (Lipinski definition) is 7. The number of hydrogen-bond donors (Lipinski definition) is 1. The monoisotopic (exact) mass is 496 g/mol. The van der Waals surface area contributed by atoms with E-state index in [1.807, 2.05) is 4.57 Å². The number of carbonyl (C=O) groups excluding carboxylic acids is 2. The van der Waals surface area contributed by atoms with Gasteiger partial charge in [0.1, 0.15) is 11.5 Å². The van der Waals surface area contributed by atoms with Crippen LogP contribution in [0.15, 0.2) is 66.8 Å². The number of aliphatic hydroxyl groups excluding tert-OH is 1. The van der Waals surface area contributed by atoms with Crippen LogP contribution < -0.4 is 4.74 Å². The summed E-state index contributed by atoms with van der Waals surface area (Å²) in [7, 11) is 1.44. The number of ether oxygens (including phenoxy) is 1. The number of non-ortho nitro benzene ring substituents is 1. The van der Waals surface area contributed by atoms with Gasteiger partial charge in [-0.3, -0.25) is 19.7 Å². The molecule has 1 aliphatic rings. The molecule has 35 heavy (non-hydrogen) atoms. The third kappa shape index (κ3) is 4.73. The van der Waals surface area contributed by atoms with Crippen molar-refractivity contribution in [1.82, 2.24) is 14.5 Å². The Morgan fingerprint density at radius 3 is 2.69 bits per heavy atom. The second-order valence-corrected chi connectivity index (χ2v) is 8.26. The molecule has 11 heteroatoms. The van der Waals surface area contributed by atoms with Crippen molar-refractivity contribution in [3.63, 3.8) is 0 Å². The van der Waals surface area contributed by atoms with Crippen molar-refractivity contribution in [3.8, 4) is 5.75 Å². The van der Waals surface area contributed by atoms with Gasteiger partial charge in [-0.15, -0.1) is 0 Å². The highest BCUT2D eigenvalue weighted by Crippen LogP contribution is 2.41. The predicted octanol–water partition coefficient (Wildman–Crippen LogP) is 3.97. The van der Waals surface area contributed by atoms with Crippen molar-refractivity contribution in [2.24, 2.45) is 0 Å². The van der Waals surface area contributed by atoms with E-state index in [9.17, 15) is 24.8 Å². The van der Waals surface area contributed by atoms with Gasteiger partial charge in [0.15, 0.2) is 0 Å². The van der Waals surface area contributed by atoms with Crippen LogP contribution in [0.25, 0.3) is 5.76 Å². The number of aryl methyl sites for hydroxylation is 1. The van der Waals surface area contributed by atoms with Crippen LogP contribution in [-0.4, -0.2) is 49.8 Å². The lowest BCUT2D eigenvalue weighted by molar-refractivity contribution is -0.384. The number of halogens is 1. The Morgan fingerprint density at radius 1 is 1.23 bits per heavy atom. The molecular weight excluding hydrogens is 476 g/mol. The van der Waals surface area contributed by atoms with Gasteiger partial charge in [0, 0.05) is 43.2 Å². The maximum Gasteiger partial charge on any atom is 0.295 e. The van der Waals surface area contributed by atoms with E-state index in [0.29, 0.717) is 24.3 Å². The Balaban J connectivity index is 1.78. The molecule has 180 valence electrons. The Bertz CT molecular complexity index is 1320. The Kier molecular flexibility index (Phi) is 6.83. The first kappa shape index (κ1) is 24.0. The van der Waals surface area contributed by atoms with Crippen molar-refractivity contribution in [2.45, 2.75) is 19.0 Å². The third-order valence-electron chi connectivity index (χ3n) is 5.74. The summed E-state index contributed by atoms with van der Waals surface area (Å²) >= 11 is 6.20. The van der Waals surface area contributed by atoms with E-state index in [0.717, 1.165) is 0 Å². The zero-order valence-electron chi connectivity index (χ0n) is 18.6. The number of aromatic nitrogens is 2. The Labute approximate surface area is 205 Å². The first-order valence-corrected chi connectivity index (χ1v) is 11.0. The molecular formula is C24H21ClN4O6. The molecule has 3 aromatic rings. The molecule has 1 N–H and O–H groups in total. The van der Waals surface area contributed by atoms with Crippen LogP contribution in [-0.2, 0) is 16.1 Å². The zero-order valence-corrected chi connectivity index (χ0v) is 19.4.